The third kappa shape index (κ3) is 1.32. The number of rotatable bonds is 0. The zero-order chi connectivity index (χ0) is 6.81. The molecule has 2 rings (SSSR count). The Kier molecular flexibility index (Phi) is 2.19. The number of ether oxygens (including phenoxy) is 1. The van der Waals surface area contributed by atoms with Crippen LogP contribution in [0, 0.1) is 5.92 Å². The van der Waals surface area contributed by atoms with Crippen molar-refractivity contribution in [3.63, 3.8) is 0 Å². The smallest absolute Gasteiger partial charge is 0.0715 e. The van der Waals surface area contributed by atoms with Crippen LogP contribution in [0.1, 0.15) is 19.3 Å². The van der Waals surface area contributed by atoms with Crippen LogP contribution in [-0.4, -0.2) is 24.2 Å². The molecule has 0 amide bonds. The van der Waals surface area contributed by atoms with Crippen molar-refractivity contribution in [1.29, 1.82) is 0 Å². The highest BCUT2D eigenvalue weighted by Crippen LogP contribution is 2.30. The standard InChI is InChI=1S/C8H14OS/c1-2-4-10-6-8-7(3-1)5-9-8/h7-8H,1-6H2. The van der Waals surface area contributed by atoms with Crippen molar-refractivity contribution < 1.29 is 4.74 Å². The molecule has 0 N–H and O–H groups in total. The van der Waals surface area contributed by atoms with E-state index in [0.717, 1.165) is 12.5 Å². The van der Waals surface area contributed by atoms with Crippen molar-refractivity contribution in [3.05, 3.63) is 0 Å². The van der Waals surface area contributed by atoms with Gasteiger partial charge in [0.25, 0.3) is 0 Å². The van der Waals surface area contributed by atoms with E-state index in [-0.39, 0.29) is 0 Å². The molecular weight excluding hydrogens is 144 g/mol. The largest absolute Gasteiger partial charge is 0.377 e. The molecule has 2 saturated heterocycles. The Hall–Kier alpha value is 0.310. The molecular formula is C8H14OS. The highest BCUT2D eigenvalue weighted by Gasteiger charge is 2.31. The maximum atomic E-state index is 5.45. The molecule has 2 aliphatic heterocycles. The second kappa shape index (κ2) is 3.14. The predicted molar refractivity (Wildman–Crippen MR) is 44.4 cm³/mol. The summed E-state index contributed by atoms with van der Waals surface area (Å²) in [7, 11) is 0. The SMILES string of the molecule is C1CCC2COC2CSC1. The molecule has 0 aromatic rings. The predicted octanol–water partition coefficient (Wildman–Crippen LogP) is 1.92. The zero-order valence-electron chi connectivity index (χ0n) is 6.21. The van der Waals surface area contributed by atoms with Crippen molar-refractivity contribution in [2.45, 2.75) is 25.4 Å². The summed E-state index contributed by atoms with van der Waals surface area (Å²) in [6.07, 6.45) is 4.90. The third-order valence-corrected chi connectivity index (χ3v) is 3.59. The van der Waals surface area contributed by atoms with Gasteiger partial charge in [0.2, 0.25) is 0 Å². The first-order chi connectivity index (χ1) is 4.97. The number of hydrogen-bond acceptors (Lipinski definition) is 2. The molecule has 0 bridgehead atoms. The lowest BCUT2D eigenvalue weighted by atomic mass is 9.93. The van der Waals surface area contributed by atoms with Crippen LogP contribution in [0.15, 0.2) is 0 Å². The summed E-state index contributed by atoms with van der Waals surface area (Å²) in [5.74, 6) is 3.53. The Balaban J connectivity index is 1.83. The lowest BCUT2D eigenvalue weighted by Crippen LogP contribution is -2.42. The number of hydrogen-bond donors (Lipinski definition) is 0. The summed E-state index contributed by atoms with van der Waals surface area (Å²) in [6.45, 7) is 1.05. The summed E-state index contributed by atoms with van der Waals surface area (Å²) in [6, 6.07) is 0. The zero-order valence-corrected chi connectivity index (χ0v) is 7.03. The van der Waals surface area contributed by atoms with Gasteiger partial charge >= 0.3 is 0 Å². The minimum absolute atomic E-state index is 0.630. The van der Waals surface area contributed by atoms with E-state index in [2.05, 4.69) is 11.8 Å². The van der Waals surface area contributed by atoms with E-state index < -0.39 is 0 Å². The van der Waals surface area contributed by atoms with E-state index in [1.807, 2.05) is 0 Å². The lowest BCUT2D eigenvalue weighted by molar-refractivity contribution is -0.103. The molecule has 10 heavy (non-hydrogen) atoms. The summed E-state index contributed by atoms with van der Waals surface area (Å²) >= 11 is 2.07. The van der Waals surface area contributed by atoms with Crippen molar-refractivity contribution in [1.82, 2.24) is 0 Å². The van der Waals surface area contributed by atoms with Crippen LogP contribution in [-0.2, 0) is 4.74 Å². The maximum absolute atomic E-state index is 5.45. The normalized spacial score (nSPS) is 40.8. The molecule has 2 heteroatoms. The second-order valence-electron chi connectivity index (χ2n) is 3.20. The molecule has 0 aliphatic carbocycles. The van der Waals surface area contributed by atoms with Gasteiger partial charge in [0.15, 0.2) is 0 Å². The van der Waals surface area contributed by atoms with Crippen molar-refractivity contribution in [2.75, 3.05) is 18.1 Å². The molecule has 2 unspecified atom stereocenters. The summed E-state index contributed by atoms with van der Waals surface area (Å²) < 4.78 is 5.45. The Bertz CT molecular complexity index is 102. The molecule has 58 valence electrons. The molecule has 0 spiro atoms. The van der Waals surface area contributed by atoms with E-state index in [1.54, 1.807) is 0 Å². The molecule has 2 heterocycles. The molecule has 2 fully saturated rings. The van der Waals surface area contributed by atoms with Crippen LogP contribution in [0.2, 0.25) is 0 Å². The second-order valence-corrected chi connectivity index (χ2v) is 4.35. The lowest BCUT2D eigenvalue weighted by Gasteiger charge is -2.38. The molecule has 0 aromatic heterocycles. The Morgan fingerprint density at radius 1 is 1.30 bits per heavy atom. The quantitative estimate of drug-likeness (QED) is 0.532. The van der Waals surface area contributed by atoms with E-state index >= 15 is 0 Å². The van der Waals surface area contributed by atoms with Crippen LogP contribution in [0.3, 0.4) is 0 Å². The fraction of sp³-hybridized carbons (Fsp3) is 1.00. The summed E-state index contributed by atoms with van der Waals surface area (Å²) in [5.41, 5.74) is 0. The third-order valence-electron chi connectivity index (χ3n) is 2.45. The van der Waals surface area contributed by atoms with E-state index in [4.69, 9.17) is 4.74 Å². The average molecular weight is 158 g/mol. The van der Waals surface area contributed by atoms with Crippen LogP contribution in [0.4, 0.5) is 0 Å². The molecule has 2 atom stereocenters. The first-order valence-electron chi connectivity index (χ1n) is 4.16. The first-order valence-corrected chi connectivity index (χ1v) is 5.31. The van der Waals surface area contributed by atoms with Crippen molar-refractivity contribution in [3.8, 4) is 0 Å². The minimum Gasteiger partial charge on any atom is -0.377 e. The topological polar surface area (TPSA) is 9.23 Å². The van der Waals surface area contributed by atoms with Crippen LogP contribution in [0.25, 0.3) is 0 Å². The average Bonchev–Trinajstić information content (AvgIpc) is 1.89. The van der Waals surface area contributed by atoms with Crippen LogP contribution >= 0.6 is 11.8 Å². The molecule has 0 radical (unpaired) electrons. The van der Waals surface area contributed by atoms with E-state index in [1.165, 1.54) is 30.8 Å². The van der Waals surface area contributed by atoms with Gasteiger partial charge in [-0.05, 0) is 18.6 Å². The van der Waals surface area contributed by atoms with Crippen LogP contribution < -0.4 is 0 Å². The van der Waals surface area contributed by atoms with Gasteiger partial charge in [0, 0.05) is 11.7 Å². The summed E-state index contributed by atoms with van der Waals surface area (Å²) in [5, 5.41) is 0. The Morgan fingerprint density at radius 3 is 3.10 bits per heavy atom. The Morgan fingerprint density at radius 2 is 2.30 bits per heavy atom. The van der Waals surface area contributed by atoms with Gasteiger partial charge in [0.1, 0.15) is 0 Å². The highest BCUT2D eigenvalue weighted by atomic mass is 32.2. The van der Waals surface area contributed by atoms with Crippen LogP contribution in [0.5, 0.6) is 0 Å². The van der Waals surface area contributed by atoms with E-state index in [9.17, 15) is 0 Å². The molecule has 1 nitrogen and oxygen atoms in total. The fourth-order valence-corrected chi connectivity index (χ4v) is 2.81. The van der Waals surface area contributed by atoms with Gasteiger partial charge in [-0.2, -0.15) is 11.8 Å². The molecule has 2 aliphatic rings. The van der Waals surface area contributed by atoms with Gasteiger partial charge in [-0.3, -0.25) is 0 Å². The Labute approximate surface area is 66.5 Å². The van der Waals surface area contributed by atoms with Gasteiger partial charge in [-0.1, -0.05) is 6.42 Å². The molecule has 0 aromatic carbocycles. The fourth-order valence-electron chi connectivity index (χ4n) is 1.63. The monoisotopic (exact) mass is 158 g/mol. The van der Waals surface area contributed by atoms with Gasteiger partial charge in [-0.15, -0.1) is 0 Å². The van der Waals surface area contributed by atoms with Gasteiger partial charge < -0.3 is 4.74 Å². The maximum Gasteiger partial charge on any atom is 0.0715 e. The van der Waals surface area contributed by atoms with Gasteiger partial charge in [-0.25, -0.2) is 0 Å². The minimum atomic E-state index is 0.630. The van der Waals surface area contributed by atoms with Gasteiger partial charge in [0.05, 0.1) is 12.7 Å². The summed E-state index contributed by atoms with van der Waals surface area (Å²) in [4.78, 5) is 0. The first kappa shape index (κ1) is 6.99. The highest BCUT2D eigenvalue weighted by molar-refractivity contribution is 7.99. The number of fused-ring (bicyclic) bond motifs is 1. The van der Waals surface area contributed by atoms with Crippen molar-refractivity contribution >= 4 is 11.8 Å². The molecule has 0 saturated carbocycles. The number of thioether (sulfide) groups is 1. The van der Waals surface area contributed by atoms with Crippen molar-refractivity contribution in [2.24, 2.45) is 5.92 Å². The van der Waals surface area contributed by atoms with E-state index in [0.29, 0.717) is 6.10 Å².